The number of anilines is 1. The van der Waals surface area contributed by atoms with Crippen LogP contribution >= 0.6 is 0 Å². The van der Waals surface area contributed by atoms with Crippen molar-refractivity contribution < 1.29 is 14.3 Å². The molecule has 1 fully saturated rings. The number of aromatic nitrogens is 2. The lowest BCUT2D eigenvalue weighted by molar-refractivity contribution is -0.117. The van der Waals surface area contributed by atoms with Crippen LogP contribution in [0.5, 0.6) is 0 Å². The van der Waals surface area contributed by atoms with E-state index in [0.717, 1.165) is 24.1 Å². The van der Waals surface area contributed by atoms with Gasteiger partial charge in [0, 0.05) is 23.2 Å². The van der Waals surface area contributed by atoms with Crippen molar-refractivity contribution >= 4 is 28.6 Å². The van der Waals surface area contributed by atoms with Crippen molar-refractivity contribution in [2.24, 2.45) is 5.92 Å². The number of fused-ring (bicyclic) bond motifs is 1. The third kappa shape index (κ3) is 2.87. The van der Waals surface area contributed by atoms with Gasteiger partial charge in [0.25, 0.3) is 0 Å². The highest BCUT2D eigenvalue weighted by atomic mass is 16.5. The van der Waals surface area contributed by atoms with Crippen molar-refractivity contribution in [1.82, 2.24) is 9.97 Å². The van der Waals surface area contributed by atoms with Gasteiger partial charge in [-0.1, -0.05) is 30.3 Å². The van der Waals surface area contributed by atoms with E-state index in [1.165, 1.54) is 13.3 Å². The number of nitrogens with one attached hydrogen (secondary N) is 2. The molecule has 2 aromatic heterocycles. The molecule has 0 atom stereocenters. The average molecular weight is 335 g/mol. The Balaban J connectivity index is 1.84. The molecule has 2 N–H and O–H groups in total. The zero-order chi connectivity index (χ0) is 17.4. The van der Waals surface area contributed by atoms with Gasteiger partial charge in [0.1, 0.15) is 0 Å². The second-order valence-corrected chi connectivity index (χ2v) is 6.11. The first-order valence-corrected chi connectivity index (χ1v) is 8.13. The lowest BCUT2D eigenvalue weighted by Crippen LogP contribution is -2.15. The number of H-pyrrole nitrogens is 1. The van der Waals surface area contributed by atoms with Gasteiger partial charge in [-0.15, -0.1) is 0 Å². The molecule has 6 heteroatoms. The molecule has 25 heavy (non-hydrogen) atoms. The zero-order valence-electron chi connectivity index (χ0n) is 13.7. The minimum absolute atomic E-state index is 0.0320. The number of nitrogens with zero attached hydrogens (tertiary/aromatic N) is 1. The average Bonchev–Trinajstić information content (AvgIpc) is 3.40. The fraction of sp³-hybridized carbons (Fsp3) is 0.211. The van der Waals surface area contributed by atoms with Crippen LogP contribution in [0.1, 0.15) is 23.2 Å². The standard InChI is InChI=1S/C19H17N3O3/c1-25-19(24)14-10-20-17(22-18(23)12-7-8-12)16-13(14)9-15(21-16)11-5-3-2-4-6-11/h2-6,9-10,12,21H,7-8H2,1H3,(H,20,22,23). The number of hydrogen-bond acceptors (Lipinski definition) is 4. The molecule has 6 nitrogen and oxygen atoms in total. The first-order chi connectivity index (χ1) is 12.2. The normalized spacial score (nSPS) is 13.6. The number of benzene rings is 1. The second kappa shape index (κ2) is 6.05. The van der Waals surface area contributed by atoms with E-state index in [4.69, 9.17) is 4.74 Å². The maximum absolute atomic E-state index is 12.1. The van der Waals surface area contributed by atoms with Crippen LogP contribution in [0.2, 0.25) is 0 Å². The van der Waals surface area contributed by atoms with Gasteiger partial charge >= 0.3 is 5.97 Å². The summed E-state index contributed by atoms with van der Waals surface area (Å²) in [6.45, 7) is 0. The summed E-state index contributed by atoms with van der Waals surface area (Å²) >= 11 is 0. The van der Waals surface area contributed by atoms with Crippen molar-refractivity contribution in [3.05, 3.63) is 48.2 Å². The monoisotopic (exact) mass is 335 g/mol. The zero-order valence-corrected chi connectivity index (χ0v) is 13.7. The highest BCUT2D eigenvalue weighted by Gasteiger charge is 2.30. The number of carbonyl (C=O) groups is 2. The minimum atomic E-state index is -0.462. The van der Waals surface area contributed by atoms with E-state index in [1.54, 1.807) is 0 Å². The summed E-state index contributed by atoms with van der Waals surface area (Å²) in [7, 11) is 1.34. The molecular formula is C19H17N3O3. The van der Waals surface area contributed by atoms with E-state index in [9.17, 15) is 9.59 Å². The highest BCUT2D eigenvalue weighted by molar-refractivity contribution is 6.09. The van der Waals surface area contributed by atoms with Crippen LogP contribution in [-0.2, 0) is 9.53 Å². The highest BCUT2D eigenvalue weighted by Crippen LogP contribution is 2.33. The molecule has 1 aliphatic carbocycles. The van der Waals surface area contributed by atoms with Crippen molar-refractivity contribution in [1.29, 1.82) is 0 Å². The number of pyridine rings is 1. The molecule has 0 aliphatic heterocycles. The summed E-state index contributed by atoms with van der Waals surface area (Å²) in [6.07, 6.45) is 3.27. The first-order valence-electron chi connectivity index (χ1n) is 8.13. The summed E-state index contributed by atoms with van der Waals surface area (Å²) in [5.74, 6) is 0.00841. The van der Waals surface area contributed by atoms with Crippen molar-refractivity contribution in [3.8, 4) is 11.3 Å². The second-order valence-electron chi connectivity index (χ2n) is 6.11. The minimum Gasteiger partial charge on any atom is -0.465 e. The first kappa shape index (κ1) is 15.4. The Kier molecular flexibility index (Phi) is 3.72. The molecule has 4 rings (SSSR count). The Bertz CT molecular complexity index is 959. The lowest BCUT2D eigenvalue weighted by Gasteiger charge is -2.07. The third-order valence-electron chi connectivity index (χ3n) is 4.35. The number of aromatic amines is 1. The molecule has 1 amide bonds. The van der Waals surface area contributed by atoms with E-state index < -0.39 is 5.97 Å². The number of carbonyl (C=O) groups excluding carboxylic acids is 2. The molecule has 3 aromatic rings. The Morgan fingerprint density at radius 1 is 1.24 bits per heavy atom. The molecule has 2 heterocycles. The Morgan fingerprint density at radius 2 is 2.00 bits per heavy atom. The Hall–Kier alpha value is -3.15. The van der Waals surface area contributed by atoms with Crippen LogP contribution in [-0.4, -0.2) is 29.0 Å². The maximum atomic E-state index is 12.1. The summed E-state index contributed by atoms with van der Waals surface area (Å²) < 4.78 is 4.85. The predicted molar refractivity (Wildman–Crippen MR) is 94.2 cm³/mol. The van der Waals surface area contributed by atoms with E-state index in [0.29, 0.717) is 22.3 Å². The van der Waals surface area contributed by atoms with Crippen LogP contribution in [0.4, 0.5) is 5.82 Å². The Morgan fingerprint density at radius 3 is 2.68 bits per heavy atom. The maximum Gasteiger partial charge on any atom is 0.340 e. The van der Waals surface area contributed by atoms with Gasteiger partial charge in [0.15, 0.2) is 5.82 Å². The van der Waals surface area contributed by atoms with Crippen molar-refractivity contribution in [2.45, 2.75) is 12.8 Å². The summed E-state index contributed by atoms with van der Waals surface area (Å²) in [5, 5.41) is 3.54. The van der Waals surface area contributed by atoms with Crippen LogP contribution < -0.4 is 5.32 Å². The number of hydrogen-bond donors (Lipinski definition) is 2. The molecule has 126 valence electrons. The van der Waals surface area contributed by atoms with E-state index in [-0.39, 0.29) is 11.8 Å². The third-order valence-corrected chi connectivity index (χ3v) is 4.35. The molecule has 1 aliphatic rings. The number of methoxy groups -OCH3 is 1. The molecule has 0 spiro atoms. The fourth-order valence-corrected chi connectivity index (χ4v) is 2.82. The topological polar surface area (TPSA) is 84.1 Å². The van der Waals surface area contributed by atoms with Crippen molar-refractivity contribution in [2.75, 3.05) is 12.4 Å². The molecule has 0 bridgehead atoms. The molecule has 0 radical (unpaired) electrons. The van der Waals surface area contributed by atoms with Crippen LogP contribution in [0.25, 0.3) is 22.2 Å². The van der Waals surface area contributed by atoms with Gasteiger partial charge in [0.05, 0.1) is 18.2 Å². The number of amides is 1. The molecule has 1 aromatic carbocycles. The van der Waals surface area contributed by atoms with E-state index in [2.05, 4.69) is 15.3 Å². The fourth-order valence-electron chi connectivity index (χ4n) is 2.82. The Labute approximate surface area is 144 Å². The number of esters is 1. The molecule has 1 saturated carbocycles. The smallest absolute Gasteiger partial charge is 0.340 e. The summed E-state index contributed by atoms with van der Waals surface area (Å²) in [6, 6.07) is 11.6. The quantitative estimate of drug-likeness (QED) is 0.716. The van der Waals surface area contributed by atoms with E-state index >= 15 is 0 Å². The van der Waals surface area contributed by atoms with Gasteiger partial charge in [-0.05, 0) is 24.5 Å². The van der Waals surface area contributed by atoms with Crippen LogP contribution in [0.15, 0.2) is 42.6 Å². The molecule has 0 unspecified atom stereocenters. The van der Waals surface area contributed by atoms with Crippen LogP contribution in [0, 0.1) is 5.92 Å². The molecular weight excluding hydrogens is 318 g/mol. The van der Waals surface area contributed by atoms with Gasteiger partial charge in [0.2, 0.25) is 5.91 Å². The van der Waals surface area contributed by atoms with Crippen LogP contribution in [0.3, 0.4) is 0 Å². The SMILES string of the molecule is COC(=O)c1cnc(NC(=O)C2CC2)c2[nH]c(-c3ccccc3)cc12. The summed E-state index contributed by atoms with van der Waals surface area (Å²) in [4.78, 5) is 31.7. The van der Waals surface area contributed by atoms with Gasteiger partial charge < -0.3 is 15.0 Å². The van der Waals surface area contributed by atoms with Gasteiger partial charge in [-0.2, -0.15) is 0 Å². The predicted octanol–water partition coefficient (Wildman–Crippen LogP) is 3.37. The van der Waals surface area contributed by atoms with Gasteiger partial charge in [-0.25, -0.2) is 9.78 Å². The molecule has 0 saturated heterocycles. The van der Waals surface area contributed by atoms with Gasteiger partial charge in [-0.3, -0.25) is 4.79 Å². The number of ether oxygens (including phenoxy) is 1. The largest absolute Gasteiger partial charge is 0.465 e. The van der Waals surface area contributed by atoms with Crippen molar-refractivity contribution in [3.63, 3.8) is 0 Å². The van der Waals surface area contributed by atoms with E-state index in [1.807, 2.05) is 36.4 Å². The number of rotatable bonds is 4. The lowest BCUT2D eigenvalue weighted by atomic mass is 10.1. The summed E-state index contributed by atoms with van der Waals surface area (Å²) in [5.41, 5.74) is 2.81.